The van der Waals surface area contributed by atoms with Gasteiger partial charge in [-0.05, 0) is 30.3 Å². The number of nitrogens with zero attached hydrogens (tertiary/aromatic N) is 2. The third-order valence-electron chi connectivity index (χ3n) is 3.31. The lowest BCUT2D eigenvalue weighted by Gasteiger charge is -2.09. The Bertz CT molecular complexity index is 962. The lowest BCUT2D eigenvalue weighted by Crippen LogP contribution is -2.15. The minimum Gasteiger partial charge on any atom is -0.411 e. The maximum absolute atomic E-state index is 12.7. The highest BCUT2D eigenvalue weighted by atomic mass is 35.5. The number of nitrogens with one attached hydrogen (secondary N) is 1. The monoisotopic (exact) mass is 413 g/mol. The molecule has 0 saturated carbocycles. The van der Waals surface area contributed by atoms with E-state index in [4.69, 9.17) is 16.0 Å². The lowest BCUT2D eigenvalue weighted by atomic mass is 10.2. The Kier molecular flexibility index (Phi) is 5.71. The van der Waals surface area contributed by atoms with E-state index >= 15 is 0 Å². The van der Waals surface area contributed by atoms with Crippen molar-refractivity contribution in [3.05, 3.63) is 59.1 Å². The molecule has 1 heterocycles. The molecule has 1 aromatic heterocycles. The van der Waals surface area contributed by atoms with E-state index in [0.29, 0.717) is 10.6 Å². The fourth-order valence-corrected chi connectivity index (χ4v) is 2.89. The maximum atomic E-state index is 12.7. The summed E-state index contributed by atoms with van der Waals surface area (Å²) < 4.78 is 43.5. The van der Waals surface area contributed by atoms with Gasteiger partial charge in [-0.2, -0.15) is 13.2 Å². The Morgan fingerprint density at radius 2 is 1.93 bits per heavy atom. The average molecular weight is 414 g/mol. The number of alkyl halides is 3. The largest absolute Gasteiger partial charge is 0.416 e. The van der Waals surface area contributed by atoms with E-state index in [2.05, 4.69) is 15.5 Å². The number of hydrogen-bond acceptors (Lipinski definition) is 5. The molecule has 27 heavy (non-hydrogen) atoms. The predicted octanol–water partition coefficient (Wildman–Crippen LogP) is 5.14. The molecule has 0 atom stereocenters. The van der Waals surface area contributed by atoms with Gasteiger partial charge < -0.3 is 9.73 Å². The molecule has 0 radical (unpaired) electrons. The van der Waals surface area contributed by atoms with Crippen LogP contribution in [0.4, 0.5) is 18.9 Å². The third-order valence-corrected chi connectivity index (χ3v) is 4.46. The van der Waals surface area contributed by atoms with Crippen LogP contribution in [-0.4, -0.2) is 21.9 Å². The minimum absolute atomic E-state index is 0.0534. The van der Waals surface area contributed by atoms with Crippen LogP contribution in [0.15, 0.2) is 58.2 Å². The molecule has 1 amide bonds. The number of thioether (sulfide) groups is 1. The molecule has 0 aliphatic heterocycles. The first-order chi connectivity index (χ1) is 12.8. The van der Waals surface area contributed by atoms with Gasteiger partial charge in [-0.3, -0.25) is 4.79 Å². The molecule has 0 fully saturated rings. The number of carbonyl (C=O) groups excluding carboxylic acids is 1. The fraction of sp³-hybridized carbons (Fsp3) is 0.118. The number of anilines is 1. The molecule has 10 heteroatoms. The summed E-state index contributed by atoms with van der Waals surface area (Å²) in [5, 5.41) is 10.7. The summed E-state index contributed by atoms with van der Waals surface area (Å²) in [5.74, 6) is -0.404. The number of halogens is 4. The zero-order chi connectivity index (χ0) is 19.4. The van der Waals surface area contributed by atoms with Gasteiger partial charge in [0.25, 0.3) is 5.22 Å². The first kappa shape index (κ1) is 19.2. The lowest BCUT2D eigenvalue weighted by molar-refractivity contribution is -0.137. The number of hydrogen-bond donors (Lipinski definition) is 1. The number of benzene rings is 2. The highest BCUT2D eigenvalue weighted by molar-refractivity contribution is 7.99. The molecule has 2 aromatic carbocycles. The van der Waals surface area contributed by atoms with E-state index < -0.39 is 17.6 Å². The Labute approximate surface area is 160 Å². The van der Waals surface area contributed by atoms with Crippen LogP contribution in [0.3, 0.4) is 0 Å². The molecular formula is C17H11ClF3N3O2S. The van der Waals surface area contributed by atoms with Crippen LogP contribution in [0.5, 0.6) is 0 Å². The van der Waals surface area contributed by atoms with Crippen LogP contribution in [0.1, 0.15) is 5.56 Å². The maximum Gasteiger partial charge on any atom is 0.416 e. The molecule has 0 aliphatic carbocycles. The molecule has 1 N–H and O–H groups in total. The summed E-state index contributed by atoms with van der Waals surface area (Å²) >= 11 is 7.01. The SMILES string of the molecule is O=C(CSc1nnc(-c2ccccc2Cl)o1)Nc1cccc(C(F)(F)F)c1. The van der Waals surface area contributed by atoms with Crippen molar-refractivity contribution in [3.8, 4) is 11.5 Å². The zero-order valence-corrected chi connectivity index (χ0v) is 15.0. The average Bonchev–Trinajstić information content (AvgIpc) is 3.09. The molecule has 0 bridgehead atoms. The van der Waals surface area contributed by atoms with E-state index in [-0.39, 0.29) is 22.6 Å². The first-order valence-corrected chi connectivity index (χ1v) is 8.87. The normalized spacial score (nSPS) is 11.4. The molecule has 3 rings (SSSR count). The summed E-state index contributed by atoms with van der Waals surface area (Å²) in [6.07, 6.45) is -4.48. The second kappa shape index (κ2) is 8.01. The number of aromatic nitrogens is 2. The van der Waals surface area contributed by atoms with Crippen molar-refractivity contribution in [2.24, 2.45) is 0 Å². The van der Waals surface area contributed by atoms with E-state index in [1.165, 1.54) is 12.1 Å². The van der Waals surface area contributed by atoms with Crippen LogP contribution in [0.2, 0.25) is 5.02 Å². The van der Waals surface area contributed by atoms with Crippen molar-refractivity contribution in [2.45, 2.75) is 11.4 Å². The van der Waals surface area contributed by atoms with Gasteiger partial charge in [0.2, 0.25) is 11.8 Å². The molecule has 0 saturated heterocycles. The van der Waals surface area contributed by atoms with E-state index in [1.54, 1.807) is 24.3 Å². The zero-order valence-electron chi connectivity index (χ0n) is 13.5. The Morgan fingerprint density at radius 3 is 2.67 bits per heavy atom. The molecular weight excluding hydrogens is 403 g/mol. The van der Waals surface area contributed by atoms with Crippen LogP contribution in [0, 0.1) is 0 Å². The van der Waals surface area contributed by atoms with E-state index in [9.17, 15) is 18.0 Å². The highest BCUT2D eigenvalue weighted by Gasteiger charge is 2.30. The van der Waals surface area contributed by atoms with Gasteiger partial charge in [-0.15, -0.1) is 10.2 Å². The molecule has 5 nitrogen and oxygen atoms in total. The standard InChI is InChI=1S/C17H11ClF3N3O2S/c18-13-7-2-1-6-12(13)15-23-24-16(26-15)27-9-14(25)22-11-5-3-4-10(8-11)17(19,20)21/h1-8H,9H2,(H,22,25). The van der Waals surface area contributed by atoms with Gasteiger partial charge >= 0.3 is 6.18 Å². The van der Waals surface area contributed by atoms with Gasteiger partial charge in [0.15, 0.2) is 0 Å². The van der Waals surface area contributed by atoms with Gasteiger partial charge in [-0.1, -0.05) is 41.6 Å². The predicted molar refractivity (Wildman–Crippen MR) is 95.5 cm³/mol. The van der Waals surface area contributed by atoms with Crippen LogP contribution in [0.25, 0.3) is 11.5 Å². The van der Waals surface area contributed by atoms with Crippen molar-refractivity contribution >= 4 is 35.0 Å². The smallest absolute Gasteiger partial charge is 0.411 e. The number of rotatable bonds is 5. The van der Waals surface area contributed by atoms with Crippen LogP contribution >= 0.6 is 23.4 Å². The summed E-state index contributed by atoms with van der Waals surface area (Å²) in [6, 6.07) is 11.3. The minimum atomic E-state index is -4.48. The molecule has 140 valence electrons. The van der Waals surface area contributed by atoms with Gasteiger partial charge in [-0.25, -0.2) is 0 Å². The topological polar surface area (TPSA) is 68.0 Å². The van der Waals surface area contributed by atoms with Crippen molar-refractivity contribution in [1.82, 2.24) is 10.2 Å². The Hall–Kier alpha value is -2.52. The molecule has 0 unspecified atom stereocenters. The van der Waals surface area contributed by atoms with Crippen molar-refractivity contribution in [2.75, 3.05) is 11.1 Å². The number of carbonyl (C=O) groups is 1. The van der Waals surface area contributed by atoms with Crippen LogP contribution in [-0.2, 0) is 11.0 Å². The van der Waals surface area contributed by atoms with Crippen molar-refractivity contribution < 1.29 is 22.4 Å². The Morgan fingerprint density at radius 1 is 1.15 bits per heavy atom. The van der Waals surface area contributed by atoms with Crippen molar-refractivity contribution in [1.29, 1.82) is 0 Å². The van der Waals surface area contributed by atoms with Gasteiger partial charge in [0, 0.05) is 5.69 Å². The summed E-state index contributed by atoms with van der Waals surface area (Å²) in [4.78, 5) is 12.0. The molecule has 3 aromatic rings. The third kappa shape index (κ3) is 5.01. The van der Waals surface area contributed by atoms with Crippen LogP contribution < -0.4 is 5.32 Å². The highest BCUT2D eigenvalue weighted by Crippen LogP contribution is 2.31. The number of amides is 1. The quantitative estimate of drug-likeness (QED) is 0.586. The second-order valence-corrected chi connectivity index (χ2v) is 6.60. The molecule has 0 spiro atoms. The Balaban J connectivity index is 1.60. The van der Waals surface area contributed by atoms with E-state index in [0.717, 1.165) is 23.9 Å². The van der Waals surface area contributed by atoms with E-state index in [1.807, 2.05) is 0 Å². The first-order valence-electron chi connectivity index (χ1n) is 7.51. The van der Waals surface area contributed by atoms with Gasteiger partial charge in [0.1, 0.15) is 0 Å². The van der Waals surface area contributed by atoms with Crippen molar-refractivity contribution in [3.63, 3.8) is 0 Å². The van der Waals surface area contributed by atoms with Gasteiger partial charge in [0.05, 0.1) is 21.9 Å². The summed E-state index contributed by atoms with van der Waals surface area (Å²) in [7, 11) is 0. The summed E-state index contributed by atoms with van der Waals surface area (Å²) in [5.41, 5.74) is -0.223. The fourth-order valence-electron chi connectivity index (χ4n) is 2.11. The second-order valence-electron chi connectivity index (χ2n) is 5.27. The summed E-state index contributed by atoms with van der Waals surface area (Å²) in [6.45, 7) is 0. The molecule has 0 aliphatic rings.